The van der Waals surface area contributed by atoms with Gasteiger partial charge in [-0.15, -0.1) is 10.2 Å². The number of halogens is 1. The van der Waals surface area contributed by atoms with Crippen LogP contribution in [0.25, 0.3) is 11.0 Å². The van der Waals surface area contributed by atoms with E-state index >= 15 is 0 Å². The van der Waals surface area contributed by atoms with Crippen LogP contribution in [0.3, 0.4) is 0 Å². The molecule has 0 aliphatic carbocycles. The second kappa shape index (κ2) is 5.77. The highest BCUT2D eigenvalue weighted by molar-refractivity contribution is 6.31. The average molecular weight is 329 g/mol. The van der Waals surface area contributed by atoms with Crippen molar-refractivity contribution in [3.63, 3.8) is 0 Å². The van der Waals surface area contributed by atoms with Crippen molar-refractivity contribution in [3.8, 4) is 0 Å². The zero-order valence-corrected chi connectivity index (χ0v) is 13.6. The van der Waals surface area contributed by atoms with Crippen LogP contribution in [0.2, 0.25) is 5.02 Å². The van der Waals surface area contributed by atoms with Crippen LogP contribution < -0.4 is 5.32 Å². The summed E-state index contributed by atoms with van der Waals surface area (Å²) in [6.07, 6.45) is 3.85. The van der Waals surface area contributed by atoms with Crippen molar-refractivity contribution < 1.29 is 0 Å². The van der Waals surface area contributed by atoms with E-state index in [1.165, 1.54) is 0 Å². The summed E-state index contributed by atoms with van der Waals surface area (Å²) in [5.41, 5.74) is 1.66. The van der Waals surface area contributed by atoms with E-state index in [-0.39, 0.29) is 0 Å². The highest BCUT2D eigenvalue weighted by Gasteiger charge is 2.21. The van der Waals surface area contributed by atoms with Crippen LogP contribution in [-0.2, 0) is 13.0 Å². The topological polar surface area (TPSA) is 68.5 Å². The van der Waals surface area contributed by atoms with E-state index < -0.39 is 0 Å². The monoisotopic (exact) mass is 328 g/mol. The molecule has 118 valence electrons. The van der Waals surface area contributed by atoms with Gasteiger partial charge in [-0.2, -0.15) is 0 Å². The van der Waals surface area contributed by atoms with Gasteiger partial charge in [0.15, 0.2) is 0 Å². The van der Waals surface area contributed by atoms with E-state index in [1.54, 1.807) is 6.20 Å². The quantitative estimate of drug-likeness (QED) is 0.800. The first kappa shape index (κ1) is 14.4. The van der Waals surface area contributed by atoms with Crippen LogP contribution in [0, 0.1) is 12.8 Å². The summed E-state index contributed by atoms with van der Waals surface area (Å²) in [7, 11) is 0. The molecule has 1 atom stereocenters. The number of hydrogen-bond donors (Lipinski definition) is 1. The third-order valence-corrected chi connectivity index (χ3v) is 4.54. The highest BCUT2D eigenvalue weighted by atomic mass is 35.5. The first-order valence-corrected chi connectivity index (χ1v) is 8.12. The molecular weight excluding hydrogens is 312 g/mol. The summed E-state index contributed by atoms with van der Waals surface area (Å²) in [6.45, 7) is 3.83. The molecule has 0 saturated carbocycles. The smallest absolute Gasteiger partial charge is 0.145 e. The third-order valence-electron chi connectivity index (χ3n) is 4.31. The van der Waals surface area contributed by atoms with Crippen molar-refractivity contribution in [1.29, 1.82) is 0 Å². The second-order valence-corrected chi connectivity index (χ2v) is 6.38. The zero-order chi connectivity index (χ0) is 15.8. The maximum atomic E-state index is 5.97. The van der Waals surface area contributed by atoms with Gasteiger partial charge in [0.2, 0.25) is 0 Å². The molecule has 1 aliphatic rings. The Labute approximate surface area is 138 Å². The maximum absolute atomic E-state index is 5.97. The van der Waals surface area contributed by atoms with Gasteiger partial charge >= 0.3 is 0 Å². The Morgan fingerprint density at radius 1 is 1.30 bits per heavy atom. The summed E-state index contributed by atoms with van der Waals surface area (Å²) in [4.78, 5) is 9.00. The first-order valence-electron chi connectivity index (χ1n) is 7.74. The fraction of sp³-hybridized carbons (Fsp3) is 0.375. The summed E-state index contributed by atoms with van der Waals surface area (Å²) in [6, 6.07) is 5.55. The molecule has 6 nitrogen and oxygen atoms in total. The molecule has 1 N–H and O–H groups in total. The number of aryl methyl sites for hydroxylation is 2. The fourth-order valence-corrected chi connectivity index (χ4v) is 3.18. The van der Waals surface area contributed by atoms with E-state index in [0.29, 0.717) is 10.9 Å². The predicted molar refractivity (Wildman–Crippen MR) is 89.6 cm³/mol. The van der Waals surface area contributed by atoms with Crippen LogP contribution in [0.1, 0.15) is 18.1 Å². The van der Waals surface area contributed by atoms with Gasteiger partial charge in [0.1, 0.15) is 17.5 Å². The van der Waals surface area contributed by atoms with Crippen molar-refractivity contribution >= 4 is 28.5 Å². The Hall–Kier alpha value is -2.21. The molecule has 1 unspecified atom stereocenters. The molecular formula is C16H17ClN6. The minimum Gasteiger partial charge on any atom is -0.368 e. The van der Waals surface area contributed by atoms with Crippen molar-refractivity contribution in [2.24, 2.45) is 5.92 Å². The number of fused-ring (bicyclic) bond motifs is 2. The number of nitrogens with zero attached hydrogens (tertiary/aromatic N) is 5. The van der Waals surface area contributed by atoms with Crippen molar-refractivity contribution in [2.75, 3.05) is 11.9 Å². The molecule has 4 rings (SSSR count). The fourth-order valence-electron chi connectivity index (χ4n) is 3.01. The minimum atomic E-state index is 0.542. The van der Waals surface area contributed by atoms with Gasteiger partial charge in [0.25, 0.3) is 0 Å². The van der Waals surface area contributed by atoms with E-state index in [1.807, 2.05) is 25.1 Å². The average Bonchev–Trinajstić information content (AvgIpc) is 2.94. The Balaban J connectivity index is 1.45. The van der Waals surface area contributed by atoms with Gasteiger partial charge < -0.3 is 9.88 Å². The second-order valence-electron chi connectivity index (χ2n) is 5.95. The summed E-state index contributed by atoms with van der Waals surface area (Å²) < 4.78 is 2.21. The van der Waals surface area contributed by atoms with Crippen LogP contribution in [0.5, 0.6) is 0 Å². The standard InChI is InChI=1S/C16H17ClN6/c1-10-21-22-16-5-2-11(9-23(10)16)7-19-15-8-18-14-6-12(17)3-4-13(14)20-15/h3-4,6,8,11H,2,5,7,9H2,1H3,(H,19,20). The van der Waals surface area contributed by atoms with Gasteiger partial charge in [-0.25, -0.2) is 4.98 Å². The van der Waals surface area contributed by atoms with Crippen molar-refractivity contribution in [2.45, 2.75) is 26.3 Å². The summed E-state index contributed by atoms with van der Waals surface area (Å²) >= 11 is 5.97. The van der Waals surface area contributed by atoms with Crippen molar-refractivity contribution in [1.82, 2.24) is 24.7 Å². The molecule has 0 saturated heterocycles. The Kier molecular flexibility index (Phi) is 3.61. The Morgan fingerprint density at radius 2 is 2.22 bits per heavy atom. The van der Waals surface area contributed by atoms with Gasteiger partial charge in [-0.1, -0.05) is 11.6 Å². The zero-order valence-electron chi connectivity index (χ0n) is 12.8. The lowest BCUT2D eigenvalue weighted by atomic mass is 9.99. The van der Waals surface area contributed by atoms with Gasteiger partial charge in [-0.3, -0.25) is 4.98 Å². The number of benzene rings is 1. The summed E-state index contributed by atoms with van der Waals surface area (Å²) in [5, 5.41) is 12.4. The van der Waals surface area contributed by atoms with E-state index in [0.717, 1.165) is 54.4 Å². The number of hydrogen-bond acceptors (Lipinski definition) is 5. The normalized spacial score (nSPS) is 17.2. The molecule has 7 heteroatoms. The minimum absolute atomic E-state index is 0.542. The van der Waals surface area contributed by atoms with Crippen LogP contribution in [-0.4, -0.2) is 31.3 Å². The van der Waals surface area contributed by atoms with Crippen molar-refractivity contribution in [3.05, 3.63) is 41.1 Å². The lowest BCUT2D eigenvalue weighted by Crippen LogP contribution is -2.27. The van der Waals surface area contributed by atoms with Gasteiger partial charge in [0, 0.05) is 24.5 Å². The SMILES string of the molecule is Cc1nnc2n1CC(CNc1cnc3cc(Cl)ccc3n1)CC2. The molecule has 2 aromatic heterocycles. The molecule has 0 spiro atoms. The largest absolute Gasteiger partial charge is 0.368 e. The van der Waals surface area contributed by atoms with E-state index in [4.69, 9.17) is 11.6 Å². The Bertz CT molecular complexity index is 859. The molecule has 3 heterocycles. The number of nitrogens with one attached hydrogen (secondary N) is 1. The van der Waals surface area contributed by atoms with Crippen LogP contribution in [0.15, 0.2) is 24.4 Å². The van der Waals surface area contributed by atoms with Gasteiger partial charge in [-0.05, 0) is 37.5 Å². The molecule has 1 aliphatic heterocycles. The molecule has 0 radical (unpaired) electrons. The highest BCUT2D eigenvalue weighted by Crippen LogP contribution is 2.21. The van der Waals surface area contributed by atoms with Crippen LogP contribution in [0.4, 0.5) is 5.82 Å². The molecule has 0 bridgehead atoms. The predicted octanol–water partition coefficient (Wildman–Crippen LogP) is 2.86. The first-order chi connectivity index (χ1) is 11.2. The molecule has 0 amide bonds. The molecule has 1 aromatic carbocycles. The third kappa shape index (κ3) is 2.86. The number of anilines is 1. The lowest BCUT2D eigenvalue weighted by molar-refractivity contribution is 0.376. The van der Waals surface area contributed by atoms with Gasteiger partial charge in [0.05, 0.1) is 17.2 Å². The van der Waals surface area contributed by atoms with Crippen LogP contribution >= 0.6 is 11.6 Å². The lowest BCUT2D eigenvalue weighted by Gasteiger charge is -2.24. The van der Waals surface area contributed by atoms with E-state index in [9.17, 15) is 0 Å². The maximum Gasteiger partial charge on any atom is 0.145 e. The molecule has 0 fully saturated rings. The summed E-state index contributed by atoms with van der Waals surface area (Å²) in [5.74, 6) is 3.43. The number of aromatic nitrogens is 5. The Morgan fingerprint density at radius 3 is 3.13 bits per heavy atom. The molecule has 23 heavy (non-hydrogen) atoms. The molecule has 3 aromatic rings. The number of rotatable bonds is 3. The van der Waals surface area contributed by atoms with E-state index in [2.05, 4.69) is 30.0 Å².